The number of carbonyl (C=O) groups is 2. The molecule has 8 unspecified atom stereocenters. The monoisotopic (exact) mass is 454 g/mol. The molecule has 1 saturated heterocycles. The van der Waals surface area contributed by atoms with Crippen molar-refractivity contribution in [3.05, 3.63) is 23.3 Å². The van der Waals surface area contributed by atoms with Gasteiger partial charge in [-0.15, -0.1) is 0 Å². The van der Waals surface area contributed by atoms with Crippen LogP contribution in [0.2, 0.25) is 0 Å². The smallest absolute Gasteiger partial charge is 0.333 e. The molecule has 0 spiro atoms. The van der Waals surface area contributed by atoms with E-state index in [1.54, 1.807) is 6.08 Å². The molecule has 5 heteroatoms. The molecule has 1 N–H and O–H groups in total. The van der Waals surface area contributed by atoms with Gasteiger partial charge in [-0.3, -0.25) is 4.79 Å². The number of rotatable bonds is 2. The third-order valence-corrected chi connectivity index (χ3v) is 11.6. The minimum absolute atomic E-state index is 0.0524. The fourth-order valence-corrected chi connectivity index (χ4v) is 9.34. The molecule has 2 heterocycles. The van der Waals surface area contributed by atoms with E-state index in [0.29, 0.717) is 30.1 Å². The van der Waals surface area contributed by atoms with E-state index in [4.69, 9.17) is 9.47 Å². The molecule has 33 heavy (non-hydrogen) atoms. The predicted molar refractivity (Wildman–Crippen MR) is 123 cm³/mol. The van der Waals surface area contributed by atoms with Crippen LogP contribution in [-0.2, 0) is 19.1 Å². The molecule has 11 atom stereocenters. The lowest BCUT2D eigenvalue weighted by Crippen LogP contribution is -2.67. The van der Waals surface area contributed by atoms with Crippen LogP contribution >= 0.6 is 0 Å². The molecule has 0 aromatic rings. The van der Waals surface area contributed by atoms with Crippen LogP contribution in [0.1, 0.15) is 73.1 Å². The summed E-state index contributed by atoms with van der Waals surface area (Å²) in [7, 11) is 0. The summed E-state index contributed by atoms with van der Waals surface area (Å²) in [4.78, 5) is 25.7. The Morgan fingerprint density at radius 1 is 1.12 bits per heavy atom. The maximum Gasteiger partial charge on any atom is 0.333 e. The molecule has 180 valence electrons. The number of fused-ring (bicyclic) bond motifs is 8. The summed E-state index contributed by atoms with van der Waals surface area (Å²) in [5.74, 6) is 1.68. The SMILES string of the molecule is CC1=C(C)C(=O)OC(C(C)C2CCC3C4C5OC5[C@@]5(O)CC=CC(=O)[C@]5(C)C4CC[C@]23C)C1. The van der Waals surface area contributed by atoms with Crippen molar-refractivity contribution >= 4 is 11.8 Å². The molecule has 0 bridgehead atoms. The van der Waals surface area contributed by atoms with E-state index in [1.165, 1.54) is 0 Å². The van der Waals surface area contributed by atoms with Gasteiger partial charge >= 0.3 is 5.97 Å². The van der Waals surface area contributed by atoms with Crippen LogP contribution in [0.25, 0.3) is 0 Å². The van der Waals surface area contributed by atoms with E-state index in [2.05, 4.69) is 20.8 Å². The van der Waals surface area contributed by atoms with E-state index in [1.807, 2.05) is 19.9 Å². The lowest BCUT2D eigenvalue weighted by molar-refractivity contribution is -0.182. The number of esters is 1. The summed E-state index contributed by atoms with van der Waals surface area (Å²) in [6.07, 6.45) is 8.98. The first-order valence-corrected chi connectivity index (χ1v) is 13.0. The van der Waals surface area contributed by atoms with E-state index in [9.17, 15) is 14.7 Å². The topological polar surface area (TPSA) is 76.1 Å². The summed E-state index contributed by atoms with van der Waals surface area (Å²) in [5.41, 5.74) is 0.243. The molecule has 0 radical (unpaired) electrons. The lowest BCUT2D eigenvalue weighted by atomic mass is 9.43. The fourth-order valence-electron chi connectivity index (χ4n) is 9.34. The molecule has 5 nitrogen and oxygen atoms in total. The number of ether oxygens (including phenoxy) is 2. The number of carbonyl (C=O) groups excluding carboxylic acids is 2. The van der Waals surface area contributed by atoms with Crippen molar-refractivity contribution in [1.29, 1.82) is 0 Å². The van der Waals surface area contributed by atoms with Crippen molar-refractivity contribution in [2.45, 2.75) is 97.1 Å². The third kappa shape index (κ3) is 2.61. The lowest BCUT2D eigenvalue weighted by Gasteiger charge is -2.60. The minimum atomic E-state index is -1.07. The van der Waals surface area contributed by atoms with Crippen molar-refractivity contribution in [3.63, 3.8) is 0 Å². The highest BCUT2D eigenvalue weighted by atomic mass is 16.6. The van der Waals surface area contributed by atoms with E-state index >= 15 is 0 Å². The molecule has 4 fully saturated rings. The van der Waals surface area contributed by atoms with Gasteiger partial charge in [-0.25, -0.2) is 4.79 Å². The average molecular weight is 455 g/mol. The molecule has 3 saturated carbocycles. The number of epoxide rings is 1. The van der Waals surface area contributed by atoms with Gasteiger partial charge in [0.15, 0.2) is 5.78 Å². The van der Waals surface area contributed by atoms with Gasteiger partial charge in [0.05, 0.1) is 11.5 Å². The van der Waals surface area contributed by atoms with Gasteiger partial charge in [0.2, 0.25) is 0 Å². The summed E-state index contributed by atoms with van der Waals surface area (Å²) in [6.45, 7) is 10.7. The van der Waals surface area contributed by atoms with Crippen molar-refractivity contribution in [3.8, 4) is 0 Å². The van der Waals surface area contributed by atoms with Crippen LogP contribution in [0, 0.1) is 40.4 Å². The first-order valence-electron chi connectivity index (χ1n) is 13.0. The summed E-state index contributed by atoms with van der Waals surface area (Å²) >= 11 is 0. The van der Waals surface area contributed by atoms with E-state index in [0.717, 1.165) is 43.3 Å². The van der Waals surface area contributed by atoms with Crippen molar-refractivity contribution in [2.24, 2.45) is 40.4 Å². The van der Waals surface area contributed by atoms with Crippen LogP contribution in [0.3, 0.4) is 0 Å². The first kappa shape index (κ1) is 22.0. The molecular formula is C28H38O5. The minimum Gasteiger partial charge on any atom is -0.458 e. The maximum atomic E-state index is 13.3. The van der Waals surface area contributed by atoms with Gasteiger partial charge in [0.25, 0.3) is 0 Å². The van der Waals surface area contributed by atoms with Crippen LogP contribution in [0.15, 0.2) is 23.3 Å². The second kappa shape index (κ2) is 6.81. The zero-order chi connectivity index (χ0) is 23.5. The van der Waals surface area contributed by atoms with Crippen molar-refractivity contribution in [2.75, 3.05) is 0 Å². The number of ketones is 1. The molecule has 6 aliphatic rings. The normalized spacial score (nSPS) is 53.6. The molecule has 6 rings (SSSR count). The standard InChI is InChI=1S/C28H38O5/c1-14-13-20(32-25(30)15(14)2)16(3)17-8-9-18-22-19(10-12-26(17,18)4)27(5)21(29)7-6-11-28(27,31)24-23(22)33-24/h6-7,16-20,22-24,31H,8-13H2,1-5H3/t16?,17?,18?,19?,20?,22?,23?,24?,26-,27+,28+/m1/s1. The Balaban J connectivity index is 1.30. The molecule has 2 aliphatic heterocycles. The largest absolute Gasteiger partial charge is 0.458 e. The Hall–Kier alpha value is -1.46. The zero-order valence-electron chi connectivity index (χ0n) is 20.6. The van der Waals surface area contributed by atoms with Gasteiger partial charge in [-0.05, 0) is 94.0 Å². The van der Waals surface area contributed by atoms with Crippen LogP contribution in [0.5, 0.6) is 0 Å². The Morgan fingerprint density at radius 2 is 1.88 bits per heavy atom. The van der Waals surface area contributed by atoms with Crippen molar-refractivity contribution in [1.82, 2.24) is 0 Å². The highest BCUT2D eigenvalue weighted by molar-refractivity contribution is 5.97. The molecule has 4 aliphatic carbocycles. The number of hydrogen-bond donors (Lipinski definition) is 1. The maximum absolute atomic E-state index is 13.3. The molecule has 0 aromatic heterocycles. The van der Waals surface area contributed by atoms with Gasteiger partial charge in [-0.2, -0.15) is 0 Å². The summed E-state index contributed by atoms with van der Waals surface area (Å²) in [6, 6.07) is 0. The average Bonchev–Trinajstić information content (AvgIpc) is 3.50. The second-order valence-electron chi connectivity index (χ2n) is 12.5. The van der Waals surface area contributed by atoms with Crippen LogP contribution in [-0.4, -0.2) is 40.8 Å². The highest BCUT2D eigenvalue weighted by Crippen LogP contribution is 2.71. The summed E-state index contributed by atoms with van der Waals surface area (Å²) < 4.78 is 12.1. The van der Waals surface area contributed by atoms with Gasteiger partial charge in [0, 0.05) is 12.0 Å². The number of aliphatic hydroxyl groups is 1. The Bertz CT molecular complexity index is 981. The van der Waals surface area contributed by atoms with E-state index < -0.39 is 11.0 Å². The molecular weight excluding hydrogens is 416 g/mol. The van der Waals surface area contributed by atoms with Gasteiger partial charge < -0.3 is 14.6 Å². The van der Waals surface area contributed by atoms with Crippen LogP contribution < -0.4 is 0 Å². The fraction of sp³-hybridized carbons (Fsp3) is 0.786. The highest BCUT2D eigenvalue weighted by Gasteiger charge is 2.77. The zero-order valence-corrected chi connectivity index (χ0v) is 20.6. The Labute approximate surface area is 197 Å². The number of hydrogen-bond acceptors (Lipinski definition) is 5. The van der Waals surface area contributed by atoms with Crippen molar-refractivity contribution < 1.29 is 24.2 Å². The second-order valence-corrected chi connectivity index (χ2v) is 12.5. The number of allylic oxidation sites excluding steroid dienone is 1. The molecule has 0 amide bonds. The summed E-state index contributed by atoms with van der Waals surface area (Å²) in [5, 5.41) is 11.7. The molecule has 0 aromatic carbocycles. The Kier molecular flexibility index (Phi) is 4.55. The predicted octanol–water partition coefficient (Wildman–Crippen LogP) is 4.38. The quantitative estimate of drug-likeness (QED) is 0.495. The third-order valence-electron chi connectivity index (χ3n) is 11.6. The Morgan fingerprint density at radius 3 is 2.61 bits per heavy atom. The number of cyclic esters (lactones) is 1. The van der Waals surface area contributed by atoms with Gasteiger partial charge in [-0.1, -0.05) is 25.5 Å². The van der Waals surface area contributed by atoms with Gasteiger partial charge in [0.1, 0.15) is 17.8 Å². The first-order chi connectivity index (χ1) is 15.5. The van der Waals surface area contributed by atoms with E-state index in [-0.39, 0.29) is 41.4 Å². The van der Waals surface area contributed by atoms with Crippen LogP contribution in [0.4, 0.5) is 0 Å².